The number of ketones is 1. The van der Waals surface area contributed by atoms with Crippen molar-refractivity contribution in [1.29, 1.82) is 0 Å². The molecule has 270 valence electrons. The van der Waals surface area contributed by atoms with E-state index in [4.69, 9.17) is 37.9 Å². The van der Waals surface area contributed by atoms with Gasteiger partial charge in [0.25, 0.3) is 0 Å². The second-order valence-electron chi connectivity index (χ2n) is 16.9. The summed E-state index contributed by atoms with van der Waals surface area (Å²) in [4.78, 5) is 25.5. The zero-order chi connectivity index (χ0) is 33.6. The fourth-order valence-corrected chi connectivity index (χ4v) is 11.0. The molecular formula is C39H54O10. The summed E-state index contributed by atoms with van der Waals surface area (Å²) >= 11 is 0. The van der Waals surface area contributed by atoms with E-state index in [9.17, 15) is 9.59 Å². The molecule has 0 saturated carbocycles. The molecule has 12 bridgehead atoms. The first-order valence-corrected chi connectivity index (χ1v) is 19.3. The van der Waals surface area contributed by atoms with E-state index in [1.807, 2.05) is 0 Å². The lowest BCUT2D eigenvalue weighted by molar-refractivity contribution is -0.292. The maximum Gasteiger partial charge on any atom is 0.172 e. The molecule has 10 nitrogen and oxygen atoms in total. The van der Waals surface area contributed by atoms with E-state index in [0.717, 1.165) is 62.4 Å². The van der Waals surface area contributed by atoms with Gasteiger partial charge in [0.05, 0.1) is 54.9 Å². The monoisotopic (exact) mass is 682 g/mol. The first-order chi connectivity index (χ1) is 23.7. The number of carbonyl (C=O) groups is 2. The number of hydrogen-bond donors (Lipinski definition) is 0. The molecule has 0 radical (unpaired) electrons. The number of aldehydes is 1. The summed E-state index contributed by atoms with van der Waals surface area (Å²) in [5.74, 6) is -0.212. The highest BCUT2D eigenvalue weighted by Gasteiger charge is 2.68. The van der Waals surface area contributed by atoms with Gasteiger partial charge in [-0.2, -0.15) is 0 Å². The van der Waals surface area contributed by atoms with Crippen molar-refractivity contribution >= 4 is 12.1 Å². The Morgan fingerprint density at radius 2 is 1.47 bits per heavy atom. The Kier molecular flexibility index (Phi) is 8.76. The van der Waals surface area contributed by atoms with E-state index in [-0.39, 0.29) is 103 Å². The first kappa shape index (κ1) is 33.3. The Hall–Kier alpha value is -1.50. The minimum absolute atomic E-state index is 0.00531. The first-order valence-electron chi connectivity index (χ1n) is 19.3. The molecule has 0 aromatic heterocycles. The van der Waals surface area contributed by atoms with Crippen LogP contribution >= 0.6 is 0 Å². The van der Waals surface area contributed by atoms with Gasteiger partial charge in [0.2, 0.25) is 0 Å². The van der Waals surface area contributed by atoms with Gasteiger partial charge in [-0.25, -0.2) is 0 Å². The van der Waals surface area contributed by atoms with Gasteiger partial charge in [-0.3, -0.25) is 4.79 Å². The third-order valence-corrected chi connectivity index (χ3v) is 13.7. The molecule has 0 unspecified atom stereocenters. The molecule has 10 heteroatoms. The average molecular weight is 683 g/mol. The second kappa shape index (κ2) is 12.9. The third-order valence-electron chi connectivity index (χ3n) is 13.7. The smallest absolute Gasteiger partial charge is 0.172 e. The quantitative estimate of drug-likeness (QED) is 0.294. The molecule has 10 aliphatic heterocycles. The Morgan fingerprint density at radius 3 is 2.33 bits per heavy atom. The van der Waals surface area contributed by atoms with Gasteiger partial charge in [-0.05, 0) is 73.8 Å². The SMILES string of the molecule is C=C1C[C@@H]2CC[C@@]34C[C@H]5O[C@H]6[C@@H](O3)[C@H]3O[C@H](CC[C@@H]3O[C@H]6[C@H]5O4)CC(=O)C[C@@H]3[C@@H](C)[C@@H](CC=O)O[C@H]3C[C@H]3O[C@@H](CC[C@@H]1O2)C[C@@H](C)C3=C. The molecule has 0 aromatic carbocycles. The van der Waals surface area contributed by atoms with Crippen LogP contribution in [-0.4, -0.2) is 103 Å². The number of ether oxygens (including phenoxy) is 8. The largest absolute Gasteiger partial charge is 0.374 e. The van der Waals surface area contributed by atoms with Crippen molar-refractivity contribution in [2.24, 2.45) is 17.8 Å². The van der Waals surface area contributed by atoms with Crippen molar-refractivity contribution in [1.82, 2.24) is 0 Å². The predicted molar refractivity (Wildman–Crippen MR) is 176 cm³/mol. The summed E-state index contributed by atoms with van der Waals surface area (Å²) in [7, 11) is 0. The van der Waals surface area contributed by atoms with E-state index >= 15 is 0 Å². The maximum absolute atomic E-state index is 13.9. The topological polar surface area (TPSA) is 108 Å². The molecule has 49 heavy (non-hydrogen) atoms. The van der Waals surface area contributed by atoms with E-state index in [2.05, 4.69) is 27.0 Å². The summed E-state index contributed by atoms with van der Waals surface area (Å²) in [5.41, 5.74) is 2.25. The highest BCUT2D eigenvalue weighted by molar-refractivity contribution is 5.79. The number of rotatable bonds is 2. The summed E-state index contributed by atoms with van der Waals surface area (Å²) < 4.78 is 53.7. The Bertz CT molecular complexity index is 1330. The summed E-state index contributed by atoms with van der Waals surface area (Å²) in [5, 5.41) is 0. The van der Waals surface area contributed by atoms with Crippen molar-refractivity contribution in [3.8, 4) is 0 Å². The van der Waals surface area contributed by atoms with E-state index in [1.165, 1.54) is 0 Å². The minimum atomic E-state index is -0.761. The molecule has 0 aliphatic carbocycles. The molecule has 10 fully saturated rings. The van der Waals surface area contributed by atoms with Crippen LogP contribution in [-0.2, 0) is 47.5 Å². The number of Topliss-reactive ketones (excluding diaryl/α,β-unsaturated/α-hetero) is 1. The molecule has 10 heterocycles. The van der Waals surface area contributed by atoms with Crippen LogP contribution in [0.5, 0.6) is 0 Å². The zero-order valence-electron chi connectivity index (χ0n) is 29.1. The van der Waals surface area contributed by atoms with Crippen LogP contribution in [0.4, 0.5) is 0 Å². The van der Waals surface area contributed by atoms with Crippen molar-refractivity contribution in [2.45, 2.75) is 189 Å². The van der Waals surface area contributed by atoms with Crippen LogP contribution in [0.25, 0.3) is 0 Å². The van der Waals surface area contributed by atoms with E-state index < -0.39 is 5.79 Å². The van der Waals surface area contributed by atoms with Crippen molar-refractivity contribution < 1.29 is 47.5 Å². The van der Waals surface area contributed by atoms with Crippen LogP contribution < -0.4 is 0 Å². The standard InChI is InChI=1S/C39H54O10/c1-19-13-24-5-7-28-20(2)14-26(42-28)9-11-39-18-33-35(48-39)36-37(47-33)38(49-39)34-30(46-36)8-6-25(44-34)15-23(41)16-27-22(4)29(10-12-40)45-32(27)17-31(43-24)21(19)3/h12,19,22,24-38H,2-3,5-11,13-18H2,1,4H3/t19-,22-,24+,25-,26+,27-,28+,29-,30+,31-,32+,33-,34+,35+,36+,37-,38+,39+/m1/s1. The molecule has 1 spiro atoms. The number of carbonyl (C=O) groups excluding carboxylic acids is 2. The summed E-state index contributed by atoms with van der Waals surface area (Å²) in [6.45, 7) is 13.2. The number of fused-ring (bicyclic) bond motifs is 6. The molecule has 0 N–H and O–H groups in total. The summed E-state index contributed by atoms with van der Waals surface area (Å²) in [6, 6.07) is 0. The highest BCUT2D eigenvalue weighted by Crippen LogP contribution is 2.54. The van der Waals surface area contributed by atoms with Gasteiger partial charge in [0.15, 0.2) is 5.79 Å². The molecule has 0 aromatic rings. The van der Waals surface area contributed by atoms with Crippen LogP contribution in [0.3, 0.4) is 0 Å². The Labute approximate surface area is 289 Å². The zero-order valence-corrected chi connectivity index (χ0v) is 29.1. The maximum atomic E-state index is 13.9. The normalized spacial score (nSPS) is 54.1. The molecule has 10 rings (SSSR count). The van der Waals surface area contributed by atoms with E-state index in [1.54, 1.807) is 0 Å². The number of hydrogen-bond acceptors (Lipinski definition) is 10. The lowest BCUT2D eigenvalue weighted by Gasteiger charge is -2.47. The Balaban J connectivity index is 0.990. The van der Waals surface area contributed by atoms with E-state index in [0.29, 0.717) is 44.4 Å². The van der Waals surface area contributed by atoms with Crippen molar-refractivity contribution in [3.05, 3.63) is 24.3 Å². The molecule has 18 atom stereocenters. The molecule has 0 amide bonds. The lowest BCUT2D eigenvalue weighted by Crippen LogP contribution is -2.61. The van der Waals surface area contributed by atoms with Gasteiger partial charge in [0, 0.05) is 38.5 Å². The van der Waals surface area contributed by atoms with Gasteiger partial charge in [-0.15, -0.1) is 0 Å². The van der Waals surface area contributed by atoms with Gasteiger partial charge >= 0.3 is 0 Å². The fourth-order valence-electron chi connectivity index (χ4n) is 11.0. The van der Waals surface area contributed by atoms with Crippen LogP contribution in [0.15, 0.2) is 24.3 Å². The molecular weight excluding hydrogens is 628 g/mol. The van der Waals surface area contributed by atoms with Crippen LogP contribution in [0.1, 0.15) is 97.3 Å². The van der Waals surface area contributed by atoms with Gasteiger partial charge in [-0.1, -0.05) is 27.0 Å². The summed E-state index contributed by atoms with van der Waals surface area (Å²) in [6.07, 6.45) is 7.95. The molecule has 10 aliphatic rings. The third kappa shape index (κ3) is 5.94. The second-order valence-corrected chi connectivity index (χ2v) is 16.9. The lowest BCUT2D eigenvalue weighted by atomic mass is 9.79. The fraction of sp³-hybridized carbons (Fsp3) is 0.846. The van der Waals surface area contributed by atoms with Gasteiger partial charge in [0.1, 0.15) is 42.6 Å². The van der Waals surface area contributed by atoms with Crippen molar-refractivity contribution in [2.75, 3.05) is 0 Å². The van der Waals surface area contributed by atoms with Crippen LogP contribution in [0, 0.1) is 17.8 Å². The average Bonchev–Trinajstić information content (AvgIpc) is 3.73. The predicted octanol–water partition coefficient (Wildman–Crippen LogP) is 4.94. The highest BCUT2D eigenvalue weighted by atomic mass is 16.8. The van der Waals surface area contributed by atoms with Crippen LogP contribution in [0.2, 0.25) is 0 Å². The Morgan fingerprint density at radius 1 is 0.714 bits per heavy atom. The molecule has 10 saturated heterocycles. The van der Waals surface area contributed by atoms with Gasteiger partial charge < -0.3 is 42.7 Å². The van der Waals surface area contributed by atoms with Crippen molar-refractivity contribution in [3.63, 3.8) is 0 Å². The minimum Gasteiger partial charge on any atom is -0.374 e.